The van der Waals surface area contributed by atoms with Crippen LogP contribution < -0.4 is 4.90 Å². The monoisotopic (exact) mass is 776 g/mol. The summed E-state index contributed by atoms with van der Waals surface area (Å²) in [6.07, 6.45) is 0. The zero-order valence-corrected chi connectivity index (χ0v) is 33.5. The second kappa shape index (κ2) is 14.1. The number of benzene rings is 10. The Bertz CT molecular complexity index is 3300. The minimum Gasteiger partial charge on any atom is -0.311 e. The quantitative estimate of drug-likeness (QED) is 0.156. The number of aromatic nitrogens is 1. The third-order valence-corrected chi connectivity index (χ3v) is 12.9. The first-order valence-corrected chi connectivity index (χ1v) is 21.1. The zero-order chi connectivity index (χ0) is 40.3. The topological polar surface area (TPSA) is 8.17 Å². The standard InChI is InChI=1S/C59H40N2/c1-2-16-45(17-3-1)59(55-22-10-6-18-51(55)52-19-7-11-23-56(52)59)46-30-34-48(35-31-46)60(47-32-28-42(29-33-47)44-27-26-41-14-4-5-15-43(41)40-44)49-36-38-50(39-37-49)61-57-24-12-8-20-53(57)54-21-9-13-25-58(54)61/h1-40H. The van der Waals surface area contributed by atoms with Crippen LogP contribution in [0.4, 0.5) is 17.1 Å². The fourth-order valence-electron chi connectivity index (χ4n) is 10.1. The van der Waals surface area contributed by atoms with E-state index in [1.165, 1.54) is 77.1 Å². The normalized spacial score (nSPS) is 12.7. The summed E-state index contributed by atoms with van der Waals surface area (Å²) < 4.78 is 2.38. The number of nitrogens with zero attached hydrogens (tertiary/aromatic N) is 2. The van der Waals surface area contributed by atoms with Crippen LogP contribution in [-0.4, -0.2) is 4.57 Å². The number of rotatable bonds is 7. The van der Waals surface area contributed by atoms with Crippen molar-refractivity contribution in [2.45, 2.75) is 5.41 Å². The van der Waals surface area contributed by atoms with Gasteiger partial charge >= 0.3 is 0 Å². The molecule has 0 N–H and O–H groups in total. The highest BCUT2D eigenvalue weighted by Crippen LogP contribution is 2.56. The predicted octanol–water partition coefficient (Wildman–Crippen LogP) is 15.4. The first-order valence-electron chi connectivity index (χ1n) is 21.1. The Balaban J connectivity index is 0.999. The Morgan fingerprint density at radius 2 is 0.787 bits per heavy atom. The fraction of sp³-hybridized carbons (Fsp3) is 0.0169. The van der Waals surface area contributed by atoms with E-state index >= 15 is 0 Å². The van der Waals surface area contributed by atoms with E-state index in [-0.39, 0.29) is 0 Å². The van der Waals surface area contributed by atoms with E-state index in [9.17, 15) is 0 Å². The lowest BCUT2D eigenvalue weighted by Crippen LogP contribution is -2.28. The van der Waals surface area contributed by atoms with E-state index in [0.29, 0.717) is 0 Å². The molecule has 0 saturated heterocycles. The Morgan fingerprint density at radius 1 is 0.328 bits per heavy atom. The lowest BCUT2D eigenvalue weighted by atomic mass is 9.68. The van der Waals surface area contributed by atoms with E-state index in [1.807, 2.05) is 0 Å². The van der Waals surface area contributed by atoms with Crippen LogP contribution in [0, 0.1) is 0 Å². The van der Waals surface area contributed by atoms with E-state index in [1.54, 1.807) is 0 Å². The first-order chi connectivity index (χ1) is 30.3. The highest BCUT2D eigenvalue weighted by molar-refractivity contribution is 6.09. The van der Waals surface area contributed by atoms with Crippen molar-refractivity contribution < 1.29 is 0 Å². The highest BCUT2D eigenvalue weighted by atomic mass is 15.1. The van der Waals surface area contributed by atoms with Crippen LogP contribution in [0.3, 0.4) is 0 Å². The summed E-state index contributed by atoms with van der Waals surface area (Å²) in [6, 6.07) is 89.0. The summed E-state index contributed by atoms with van der Waals surface area (Å²) in [5.41, 5.74) is 16.5. The molecule has 0 radical (unpaired) electrons. The lowest BCUT2D eigenvalue weighted by Gasteiger charge is -2.34. The van der Waals surface area contributed by atoms with Crippen molar-refractivity contribution in [1.29, 1.82) is 0 Å². The van der Waals surface area contributed by atoms with Gasteiger partial charge in [-0.15, -0.1) is 0 Å². The summed E-state index contributed by atoms with van der Waals surface area (Å²) in [5, 5.41) is 5.02. The average Bonchev–Trinajstić information content (AvgIpc) is 3.84. The van der Waals surface area contributed by atoms with Crippen LogP contribution in [0.25, 0.3) is 60.5 Å². The van der Waals surface area contributed by atoms with E-state index in [2.05, 4.69) is 252 Å². The van der Waals surface area contributed by atoms with Crippen LogP contribution in [0.1, 0.15) is 22.3 Å². The molecule has 0 bridgehead atoms. The second-order valence-corrected chi connectivity index (χ2v) is 16.1. The molecule has 0 atom stereocenters. The number of anilines is 3. The van der Waals surface area contributed by atoms with Crippen molar-refractivity contribution >= 4 is 49.6 Å². The first kappa shape index (κ1) is 35.0. The molecule has 0 amide bonds. The molecule has 2 heteroatoms. The summed E-state index contributed by atoms with van der Waals surface area (Å²) in [4.78, 5) is 2.38. The van der Waals surface area contributed by atoms with Crippen LogP contribution >= 0.6 is 0 Å². The summed E-state index contributed by atoms with van der Waals surface area (Å²) in [7, 11) is 0. The molecule has 1 heterocycles. The molecule has 0 spiro atoms. The minimum absolute atomic E-state index is 0.455. The van der Waals surface area contributed by atoms with Crippen molar-refractivity contribution in [3.05, 3.63) is 265 Å². The minimum atomic E-state index is -0.455. The molecular weight excluding hydrogens is 737 g/mol. The molecule has 1 aromatic heterocycles. The summed E-state index contributed by atoms with van der Waals surface area (Å²) in [6.45, 7) is 0. The van der Waals surface area contributed by atoms with E-state index < -0.39 is 5.41 Å². The molecule has 61 heavy (non-hydrogen) atoms. The van der Waals surface area contributed by atoms with Crippen LogP contribution in [0.2, 0.25) is 0 Å². The van der Waals surface area contributed by atoms with E-state index in [0.717, 1.165) is 22.7 Å². The van der Waals surface area contributed by atoms with Gasteiger partial charge in [-0.25, -0.2) is 0 Å². The predicted molar refractivity (Wildman–Crippen MR) is 256 cm³/mol. The van der Waals surface area contributed by atoms with Gasteiger partial charge < -0.3 is 9.47 Å². The van der Waals surface area contributed by atoms with Gasteiger partial charge in [0.05, 0.1) is 16.4 Å². The van der Waals surface area contributed by atoms with Crippen LogP contribution in [0.5, 0.6) is 0 Å². The smallest absolute Gasteiger partial charge is 0.0713 e. The van der Waals surface area contributed by atoms with Gasteiger partial charge in [0, 0.05) is 33.5 Å². The second-order valence-electron chi connectivity index (χ2n) is 16.1. The maximum atomic E-state index is 2.38. The molecule has 12 rings (SSSR count). The van der Waals surface area contributed by atoms with Gasteiger partial charge in [0.1, 0.15) is 0 Å². The SMILES string of the molecule is c1ccc(C2(c3ccc(N(c4ccc(-c5ccc6ccccc6c5)cc4)c4ccc(-n5c6ccccc6c6ccccc65)cc4)cc3)c3ccccc3-c3ccccc32)cc1. The third-order valence-electron chi connectivity index (χ3n) is 12.9. The van der Waals surface area contributed by atoms with Gasteiger partial charge in [0.15, 0.2) is 0 Å². The number of hydrogen-bond acceptors (Lipinski definition) is 1. The maximum absolute atomic E-state index is 2.38. The Morgan fingerprint density at radius 3 is 1.41 bits per heavy atom. The van der Waals surface area contributed by atoms with Crippen molar-refractivity contribution in [1.82, 2.24) is 4.57 Å². The molecule has 2 nitrogen and oxygen atoms in total. The molecule has 0 unspecified atom stereocenters. The summed E-state index contributed by atoms with van der Waals surface area (Å²) >= 11 is 0. The van der Waals surface area contributed by atoms with E-state index in [4.69, 9.17) is 0 Å². The number of hydrogen-bond donors (Lipinski definition) is 0. The Kier molecular flexibility index (Phi) is 8.11. The molecule has 286 valence electrons. The number of para-hydroxylation sites is 2. The van der Waals surface area contributed by atoms with Gasteiger partial charge in [0.25, 0.3) is 0 Å². The van der Waals surface area contributed by atoms with Gasteiger partial charge in [0.2, 0.25) is 0 Å². The van der Waals surface area contributed by atoms with Crippen LogP contribution in [0.15, 0.2) is 243 Å². The molecule has 1 aliphatic rings. The van der Waals surface area contributed by atoms with Crippen molar-refractivity contribution in [2.24, 2.45) is 0 Å². The van der Waals surface area contributed by atoms with Crippen molar-refractivity contribution in [3.63, 3.8) is 0 Å². The molecule has 0 saturated carbocycles. The average molecular weight is 777 g/mol. The molecule has 1 aliphatic carbocycles. The third kappa shape index (κ3) is 5.50. The molecule has 11 aromatic rings. The largest absolute Gasteiger partial charge is 0.311 e. The van der Waals surface area contributed by atoms with Gasteiger partial charge in [-0.1, -0.05) is 176 Å². The van der Waals surface area contributed by atoms with Gasteiger partial charge in [-0.3, -0.25) is 0 Å². The molecule has 10 aromatic carbocycles. The molecular formula is C59H40N2. The summed E-state index contributed by atoms with van der Waals surface area (Å²) in [5.74, 6) is 0. The molecule has 0 fully saturated rings. The lowest BCUT2D eigenvalue weighted by molar-refractivity contribution is 0.768. The van der Waals surface area contributed by atoms with Crippen molar-refractivity contribution in [3.8, 4) is 27.9 Å². The highest BCUT2D eigenvalue weighted by Gasteiger charge is 2.45. The molecule has 0 aliphatic heterocycles. The van der Waals surface area contributed by atoms with Crippen molar-refractivity contribution in [2.75, 3.05) is 4.90 Å². The Hall–Kier alpha value is -7.94. The van der Waals surface area contributed by atoms with Crippen LogP contribution in [-0.2, 0) is 5.41 Å². The maximum Gasteiger partial charge on any atom is 0.0713 e. The Labute approximate surface area is 355 Å². The van der Waals surface area contributed by atoms with Gasteiger partial charge in [-0.2, -0.15) is 0 Å². The zero-order valence-electron chi connectivity index (χ0n) is 33.5. The van der Waals surface area contributed by atoms with Gasteiger partial charge in [-0.05, 0) is 122 Å². The fourth-order valence-corrected chi connectivity index (χ4v) is 10.1. The number of fused-ring (bicyclic) bond motifs is 7.